The largest absolute Gasteiger partial charge is 0.343 e. The van der Waals surface area contributed by atoms with Crippen LogP contribution in [0.1, 0.15) is 10.4 Å². The molecule has 0 bridgehead atoms. The number of nitrogens with one attached hydrogen (secondary N) is 2. The molecule has 0 fully saturated rings. The van der Waals surface area contributed by atoms with Gasteiger partial charge in [0.1, 0.15) is 11.6 Å². The van der Waals surface area contributed by atoms with Gasteiger partial charge in [0, 0.05) is 11.8 Å². The summed E-state index contributed by atoms with van der Waals surface area (Å²) in [6.07, 6.45) is 0. The number of hydrogen-bond donors (Lipinski definition) is 3. The molecule has 0 saturated heterocycles. The van der Waals surface area contributed by atoms with Crippen LogP contribution in [0, 0.1) is 11.6 Å². The molecular formula is C15H13F2N3O4S. The molecule has 0 aliphatic heterocycles. The predicted octanol–water partition coefficient (Wildman–Crippen LogP) is 0.981. The van der Waals surface area contributed by atoms with E-state index in [1.54, 1.807) is 0 Å². The van der Waals surface area contributed by atoms with Gasteiger partial charge in [0.05, 0.1) is 17.0 Å². The van der Waals surface area contributed by atoms with Gasteiger partial charge in [0.2, 0.25) is 15.9 Å². The van der Waals surface area contributed by atoms with Crippen LogP contribution in [0.5, 0.6) is 0 Å². The second kappa shape index (κ2) is 7.36. The number of carbonyl (C=O) groups is 2. The first-order valence-electron chi connectivity index (χ1n) is 6.83. The Morgan fingerprint density at radius 3 is 2.44 bits per heavy atom. The molecule has 2 amide bonds. The van der Waals surface area contributed by atoms with E-state index in [1.807, 2.05) is 0 Å². The van der Waals surface area contributed by atoms with Crippen LogP contribution in [-0.4, -0.2) is 26.8 Å². The maximum absolute atomic E-state index is 13.5. The number of amides is 2. The van der Waals surface area contributed by atoms with Gasteiger partial charge in [-0.15, -0.1) is 0 Å². The molecule has 0 atom stereocenters. The fraction of sp³-hybridized carbons (Fsp3) is 0.0667. The van der Waals surface area contributed by atoms with Crippen LogP contribution >= 0.6 is 0 Å². The summed E-state index contributed by atoms with van der Waals surface area (Å²) in [6, 6.07) is 7.62. The molecule has 0 aliphatic rings. The molecule has 0 unspecified atom stereocenters. The summed E-state index contributed by atoms with van der Waals surface area (Å²) >= 11 is 0. The number of sulfonamides is 1. The molecule has 2 aromatic rings. The van der Waals surface area contributed by atoms with Gasteiger partial charge < -0.3 is 10.6 Å². The minimum absolute atomic E-state index is 0.152. The molecular weight excluding hydrogens is 356 g/mol. The standard InChI is InChI=1S/C15H13F2N3O4S/c16-9-4-5-12(13(17)6-9)15(22)19-8-14(21)20-10-2-1-3-11(7-10)25(18,23)24/h1-7H,8H2,(H,19,22)(H,20,21)(H2,18,23,24). The lowest BCUT2D eigenvalue weighted by Crippen LogP contribution is -2.33. The Kier molecular flexibility index (Phi) is 5.45. The second-order valence-corrected chi connectivity index (χ2v) is 6.49. The van der Waals surface area contributed by atoms with Gasteiger partial charge in [-0.2, -0.15) is 0 Å². The number of anilines is 1. The Morgan fingerprint density at radius 2 is 1.80 bits per heavy atom. The quantitative estimate of drug-likeness (QED) is 0.728. The van der Waals surface area contributed by atoms with E-state index in [0.29, 0.717) is 6.07 Å². The van der Waals surface area contributed by atoms with E-state index in [2.05, 4.69) is 10.6 Å². The van der Waals surface area contributed by atoms with E-state index in [0.717, 1.165) is 18.2 Å². The minimum atomic E-state index is -3.92. The van der Waals surface area contributed by atoms with Crippen LogP contribution in [0.2, 0.25) is 0 Å². The first-order valence-corrected chi connectivity index (χ1v) is 8.37. The molecule has 10 heteroatoms. The second-order valence-electron chi connectivity index (χ2n) is 4.93. The highest BCUT2D eigenvalue weighted by Gasteiger charge is 2.14. The highest BCUT2D eigenvalue weighted by molar-refractivity contribution is 7.89. The van der Waals surface area contributed by atoms with Crippen LogP contribution in [0.3, 0.4) is 0 Å². The molecule has 132 valence electrons. The van der Waals surface area contributed by atoms with E-state index >= 15 is 0 Å². The van der Waals surface area contributed by atoms with Gasteiger partial charge in [0.15, 0.2) is 0 Å². The van der Waals surface area contributed by atoms with Crippen molar-refractivity contribution in [3.63, 3.8) is 0 Å². The molecule has 0 aliphatic carbocycles. The average Bonchev–Trinajstić information content (AvgIpc) is 2.52. The Balaban J connectivity index is 1.98. The van der Waals surface area contributed by atoms with Crippen molar-refractivity contribution in [2.24, 2.45) is 5.14 Å². The van der Waals surface area contributed by atoms with Gasteiger partial charge >= 0.3 is 0 Å². The molecule has 0 aromatic heterocycles. The lowest BCUT2D eigenvalue weighted by atomic mass is 10.2. The lowest BCUT2D eigenvalue weighted by Gasteiger charge is -2.08. The number of primary sulfonamides is 1. The van der Waals surface area contributed by atoms with Crippen molar-refractivity contribution in [3.8, 4) is 0 Å². The van der Waals surface area contributed by atoms with Crippen LogP contribution in [0.25, 0.3) is 0 Å². The zero-order valence-electron chi connectivity index (χ0n) is 12.6. The Morgan fingerprint density at radius 1 is 1.08 bits per heavy atom. The Bertz CT molecular complexity index is 932. The summed E-state index contributed by atoms with van der Waals surface area (Å²) in [6.45, 7) is -0.505. The maximum atomic E-state index is 13.5. The van der Waals surface area contributed by atoms with Crippen molar-refractivity contribution in [1.82, 2.24) is 5.32 Å². The van der Waals surface area contributed by atoms with Crippen molar-refractivity contribution in [3.05, 3.63) is 59.7 Å². The molecule has 7 nitrogen and oxygen atoms in total. The summed E-state index contributed by atoms with van der Waals surface area (Å²) in [5, 5.41) is 9.51. The molecule has 0 saturated carbocycles. The van der Waals surface area contributed by atoms with Gasteiger partial charge in [-0.3, -0.25) is 9.59 Å². The topological polar surface area (TPSA) is 118 Å². The first kappa shape index (κ1) is 18.5. The van der Waals surface area contributed by atoms with Crippen LogP contribution in [0.4, 0.5) is 14.5 Å². The molecule has 2 aromatic carbocycles. The van der Waals surface area contributed by atoms with E-state index in [1.165, 1.54) is 18.2 Å². The molecule has 4 N–H and O–H groups in total. The maximum Gasteiger partial charge on any atom is 0.254 e. The molecule has 0 heterocycles. The van der Waals surface area contributed by atoms with Crippen molar-refractivity contribution >= 4 is 27.5 Å². The van der Waals surface area contributed by atoms with Gasteiger partial charge in [0.25, 0.3) is 5.91 Å². The molecule has 2 rings (SSSR count). The third-order valence-electron chi connectivity index (χ3n) is 3.03. The van der Waals surface area contributed by atoms with E-state index in [-0.39, 0.29) is 10.6 Å². The summed E-state index contributed by atoms with van der Waals surface area (Å²) in [5.41, 5.74) is -0.260. The predicted molar refractivity (Wildman–Crippen MR) is 85.1 cm³/mol. The Hall–Kier alpha value is -2.85. The van der Waals surface area contributed by atoms with Crippen molar-refractivity contribution in [2.45, 2.75) is 4.90 Å². The monoisotopic (exact) mass is 369 g/mol. The van der Waals surface area contributed by atoms with Crippen LogP contribution in [0.15, 0.2) is 47.4 Å². The smallest absolute Gasteiger partial charge is 0.254 e. The zero-order valence-corrected chi connectivity index (χ0v) is 13.4. The normalized spacial score (nSPS) is 11.0. The lowest BCUT2D eigenvalue weighted by molar-refractivity contribution is -0.115. The van der Waals surface area contributed by atoms with E-state index in [9.17, 15) is 26.8 Å². The number of carbonyl (C=O) groups excluding carboxylic acids is 2. The number of nitrogens with two attached hydrogens (primary N) is 1. The highest BCUT2D eigenvalue weighted by atomic mass is 32.2. The zero-order chi connectivity index (χ0) is 18.6. The molecule has 0 spiro atoms. The van der Waals surface area contributed by atoms with Crippen molar-refractivity contribution in [1.29, 1.82) is 0 Å². The van der Waals surface area contributed by atoms with E-state index in [4.69, 9.17) is 5.14 Å². The fourth-order valence-corrected chi connectivity index (χ4v) is 2.44. The van der Waals surface area contributed by atoms with Gasteiger partial charge in [-0.1, -0.05) is 6.07 Å². The summed E-state index contributed by atoms with van der Waals surface area (Å²) in [5.74, 6) is -3.46. The summed E-state index contributed by atoms with van der Waals surface area (Å²) in [4.78, 5) is 23.4. The Labute approximate surface area is 141 Å². The number of benzene rings is 2. The van der Waals surface area contributed by atoms with Crippen LogP contribution < -0.4 is 15.8 Å². The summed E-state index contributed by atoms with van der Waals surface area (Å²) < 4.78 is 48.7. The number of halogens is 2. The number of hydrogen-bond acceptors (Lipinski definition) is 4. The van der Waals surface area contributed by atoms with Gasteiger partial charge in [-0.05, 0) is 30.3 Å². The summed E-state index contributed by atoms with van der Waals surface area (Å²) in [7, 11) is -3.92. The van der Waals surface area contributed by atoms with E-state index < -0.39 is 45.6 Å². The third-order valence-corrected chi connectivity index (χ3v) is 3.94. The molecule has 25 heavy (non-hydrogen) atoms. The number of rotatable bonds is 5. The fourth-order valence-electron chi connectivity index (χ4n) is 1.89. The average molecular weight is 369 g/mol. The van der Waals surface area contributed by atoms with Crippen molar-refractivity contribution in [2.75, 3.05) is 11.9 Å². The molecule has 0 radical (unpaired) electrons. The SMILES string of the molecule is NS(=O)(=O)c1cccc(NC(=O)CNC(=O)c2ccc(F)cc2F)c1. The van der Waals surface area contributed by atoms with Gasteiger partial charge in [-0.25, -0.2) is 22.3 Å². The van der Waals surface area contributed by atoms with Crippen LogP contribution in [-0.2, 0) is 14.8 Å². The first-order chi connectivity index (χ1) is 11.7. The minimum Gasteiger partial charge on any atom is -0.343 e. The highest BCUT2D eigenvalue weighted by Crippen LogP contribution is 2.14. The van der Waals surface area contributed by atoms with Crippen molar-refractivity contribution < 1.29 is 26.8 Å². The third kappa shape index (κ3) is 5.06.